The topological polar surface area (TPSA) is 59.9 Å². The summed E-state index contributed by atoms with van der Waals surface area (Å²) >= 11 is 12.0. The molecule has 0 aliphatic carbocycles. The minimum absolute atomic E-state index is 0.160. The highest BCUT2D eigenvalue weighted by molar-refractivity contribution is 6.31. The normalized spacial score (nSPS) is 10.7. The zero-order valence-electron chi connectivity index (χ0n) is 15.3. The van der Waals surface area contributed by atoms with Gasteiger partial charge in [0.15, 0.2) is 6.61 Å². The predicted molar refractivity (Wildman–Crippen MR) is 115 cm³/mol. The first-order valence-electron chi connectivity index (χ1n) is 8.77. The van der Waals surface area contributed by atoms with E-state index >= 15 is 0 Å². The molecule has 3 rings (SSSR count). The van der Waals surface area contributed by atoms with E-state index in [4.69, 9.17) is 32.7 Å². The maximum atomic E-state index is 11.8. The van der Waals surface area contributed by atoms with E-state index in [2.05, 4.69) is 10.5 Å². The Hall–Kier alpha value is -3.02. The summed E-state index contributed by atoms with van der Waals surface area (Å²) in [7, 11) is 0. The molecule has 0 radical (unpaired) electrons. The van der Waals surface area contributed by atoms with Crippen LogP contribution in [-0.4, -0.2) is 18.7 Å². The Labute approximate surface area is 178 Å². The van der Waals surface area contributed by atoms with Crippen LogP contribution in [0.25, 0.3) is 0 Å². The average molecular weight is 429 g/mol. The minimum Gasteiger partial charge on any atom is -0.489 e. The van der Waals surface area contributed by atoms with Gasteiger partial charge < -0.3 is 9.47 Å². The smallest absolute Gasteiger partial charge is 0.277 e. The number of nitrogens with zero attached hydrogens (tertiary/aromatic N) is 1. The number of hydrogen-bond donors (Lipinski definition) is 1. The largest absolute Gasteiger partial charge is 0.489 e. The van der Waals surface area contributed by atoms with E-state index in [0.717, 1.165) is 11.1 Å². The van der Waals surface area contributed by atoms with E-state index in [1.165, 1.54) is 6.21 Å². The van der Waals surface area contributed by atoms with E-state index in [-0.39, 0.29) is 12.5 Å². The van der Waals surface area contributed by atoms with E-state index in [0.29, 0.717) is 28.2 Å². The lowest BCUT2D eigenvalue weighted by Crippen LogP contribution is -2.24. The highest BCUT2D eigenvalue weighted by Gasteiger charge is 2.02. The molecule has 1 N–H and O–H groups in total. The van der Waals surface area contributed by atoms with Crippen LogP contribution in [0.5, 0.6) is 11.5 Å². The number of benzene rings is 3. The summed E-state index contributed by atoms with van der Waals surface area (Å²) in [5, 5.41) is 5.13. The van der Waals surface area contributed by atoms with Gasteiger partial charge in [-0.15, -0.1) is 0 Å². The third-order valence-electron chi connectivity index (χ3n) is 3.80. The predicted octanol–water partition coefficient (Wildman–Crippen LogP) is 5.10. The molecule has 0 unspecified atom stereocenters. The fraction of sp³-hybridized carbons (Fsp3) is 0.0909. The van der Waals surface area contributed by atoms with Gasteiger partial charge in [0.1, 0.15) is 18.1 Å². The number of hydrazone groups is 1. The Bertz CT molecular complexity index is 991. The molecule has 0 spiro atoms. The second-order valence-corrected chi connectivity index (χ2v) is 6.83. The van der Waals surface area contributed by atoms with Crippen LogP contribution in [0.4, 0.5) is 0 Å². The molecule has 1 amide bonds. The number of amides is 1. The van der Waals surface area contributed by atoms with Gasteiger partial charge in [-0.3, -0.25) is 4.79 Å². The van der Waals surface area contributed by atoms with Crippen molar-refractivity contribution in [3.05, 3.63) is 94.0 Å². The molecule has 0 fully saturated rings. The lowest BCUT2D eigenvalue weighted by molar-refractivity contribution is -0.123. The zero-order valence-corrected chi connectivity index (χ0v) is 16.9. The van der Waals surface area contributed by atoms with Crippen LogP contribution in [0.15, 0.2) is 77.9 Å². The molecule has 0 heterocycles. The average Bonchev–Trinajstić information content (AvgIpc) is 2.73. The van der Waals surface area contributed by atoms with Gasteiger partial charge in [-0.25, -0.2) is 5.43 Å². The summed E-state index contributed by atoms with van der Waals surface area (Å²) in [6.07, 6.45) is 1.54. The minimum atomic E-state index is -0.374. The fourth-order valence-electron chi connectivity index (χ4n) is 2.34. The van der Waals surface area contributed by atoms with E-state index in [9.17, 15) is 4.79 Å². The van der Waals surface area contributed by atoms with Crippen molar-refractivity contribution in [2.45, 2.75) is 6.61 Å². The monoisotopic (exact) mass is 428 g/mol. The lowest BCUT2D eigenvalue weighted by Gasteiger charge is -2.07. The van der Waals surface area contributed by atoms with E-state index < -0.39 is 0 Å². The molecule has 0 aromatic heterocycles. The number of hydrogen-bond acceptors (Lipinski definition) is 4. The molecule has 0 saturated heterocycles. The van der Waals surface area contributed by atoms with E-state index in [1.54, 1.807) is 24.3 Å². The molecule has 0 bridgehead atoms. The van der Waals surface area contributed by atoms with Gasteiger partial charge >= 0.3 is 0 Å². The van der Waals surface area contributed by atoms with Crippen LogP contribution in [-0.2, 0) is 11.4 Å². The van der Waals surface area contributed by atoms with Crippen molar-refractivity contribution in [2.24, 2.45) is 5.10 Å². The van der Waals surface area contributed by atoms with Crippen LogP contribution in [0.2, 0.25) is 10.0 Å². The van der Waals surface area contributed by atoms with Crippen LogP contribution < -0.4 is 14.9 Å². The Morgan fingerprint density at radius 1 is 0.931 bits per heavy atom. The molecule has 148 valence electrons. The molecule has 0 atom stereocenters. The summed E-state index contributed by atoms with van der Waals surface area (Å²) in [6.45, 7) is 0.225. The van der Waals surface area contributed by atoms with Crippen molar-refractivity contribution in [2.75, 3.05) is 6.61 Å². The number of carbonyl (C=O) groups excluding carboxylic acids is 1. The third kappa shape index (κ3) is 6.82. The molecule has 29 heavy (non-hydrogen) atoms. The van der Waals surface area contributed by atoms with Crippen molar-refractivity contribution >= 4 is 35.3 Å². The Balaban J connectivity index is 1.43. The molecule has 0 aliphatic heterocycles. The van der Waals surface area contributed by atoms with Crippen LogP contribution in [0, 0.1) is 0 Å². The summed E-state index contributed by atoms with van der Waals surface area (Å²) in [6, 6.07) is 21.7. The Morgan fingerprint density at radius 2 is 1.72 bits per heavy atom. The fourth-order valence-corrected chi connectivity index (χ4v) is 2.71. The number of rotatable bonds is 8. The quantitative estimate of drug-likeness (QED) is 0.400. The third-order valence-corrected chi connectivity index (χ3v) is 4.40. The van der Waals surface area contributed by atoms with Crippen molar-refractivity contribution in [1.82, 2.24) is 5.43 Å². The van der Waals surface area contributed by atoms with Gasteiger partial charge in [-0.2, -0.15) is 5.10 Å². The van der Waals surface area contributed by atoms with Gasteiger partial charge in [-0.05, 0) is 54.1 Å². The molecule has 3 aromatic carbocycles. The van der Waals surface area contributed by atoms with Gasteiger partial charge in [0, 0.05) is 15.6 Å². The van der Waals surface area contributed by atoms with Crippen LogP contribution in [0.1, 0.15) is 11.1 Å². The van der Waals surface area contributed by atoms with Gasteiger partial charge in [-0.1, -0.05) is 47.5 Å². The second kappa shape index (κ2) is 10.5. The maximum absolute atomic E-state index is 11.8. The van der Waals surface area contributed by atoms with Crippen molar-refractivity contribution in [3.8, 4) is 11.5 Å². The summed E-state index contributed by atoms with van der Waals surface area (Å²) < 4.78 is 11.1. The highest BCUT2D eigenvalue weighted by atomic mass is 35.5. The van der Waals surface area contributed by atoms with Gasteiger partial charge in [0.25, 0.3) is 5.91 Å². The number of halogens is 2. The standard InChI is InChI=1S/C22H18Cl2N2O3/c23-18-5-3-6-20(12-18)29-15-22(27)26-25-13-16-8-10-19(11-9-16)28-14-17-4-1-2-7-21(17)24/h1-13H,14-15H2,(H,26,27)/b25-13+. The maximum Gasteiger partial charge on any atom is 0.277 e. The molecule has 5 nitrogen and oxygen atoms in total. The molecular formula is C22H18Cl2N2O3. The molecule has 0 saturated carbocycles. The first-order valence-corrected chi connectivity index (χ1v) is 9.52. The van der Waals surface area contributed by atoms with Crippen molar-refractivity contribution in [3.63, 3.8) is 0 Å². The highest BCUT2D eigenvalue weighted by Crippen LogP contribution is 2.19. The molecular weight excluding hydrogens is 411 g/mol. The van der Waals surface area contributed by atoms with E-state index in [1.807, 2.05) is 48.5 Å². The molecule has 0 aliphatic rings. The van der Waals surface area contributed by atoms with Crippen molar-refractivity contribution in [1.29, 1.82) is 0 Å². The van der Waals surface area contributed by atoms with Crippen LogP contribution in [0.3, 0.4) is 0 Å². The molecule has 7 heteroatoms. The summed E-state index contributed by atoms with van der Waals surface area (Å²) in [5.41, 5.74) is 4.14. The Kier molecular flexibility index (Phi) is 7.50. The second-order valence-electron chi connectivity index (χ2n) is 5.99. The Morgan fingerprint density at radius 3 is 2.48 bits per heavy atom. The first-order chi connectivity index (χ1) is 14.1. The number of ether oxygens (including phenoxy) is 2. The van der Waals surface area contributed by atoms with Crippen LogP contribution >= 0.6 is 23.2 Å². The SMILES string of the molecule is O=C(COc1cccc(Cl)c1)N/N=C/c1ccc(OCc2ccccc2Cl)cc1. The summed E-state index contributed by atoms with van der Waals surface area (Å²) in [5.74, 6) is 0.853. The molecule has 3 aromatic rings. The van der Waals surface area contributed by atoms with Gasteiger partial charge in [0.2, 0.25) is 0 Å². The zero-order chi connectivity index (χ0) is 20.5. The van der Waals surface area contributed by atoms with Crippen molar-refractivity contribution < 1.29 is 14.3 Å². The number of carbonyl (C=O) groups is 1. The number of nitrogens with one attached hydrogen (secondary N) is 1. The summed E-state index contributed by atoms with van der Waals surface area (Å²) in [4.78, 5) is 11.8. The first kappa shape index (κ1) is 20.7. The van der Waals surface area contributed by atoms with Gasteiger partial charge in [0.05, 0.1) is 6.21 Å². The lowest BCUT2D eigenvalue weighted by atomic mass is 10.2.